The Bertz CT molecular complexity index is 173. The Morgan fingerprint density at radius 2 is 2.25 bits per heavy atom. The average Bonchev–Trinajstić information content (AvgIpc) is 2.29. The van der Waals surface area contributed by atoms with Gasteiger partial charge in [-0.1, -0.05) is 0 Å². The van der Waals surface area contributed by atoms with Crippen molar-refractivity contribution in [3.8, 4) is 0 Å². The van der Waals surface area contributed by atoms with Gasteiger partial charge < -0.3 is 14.8 Å². The first-order chi connectivity index (χ1) is 5.70. The van der Waals surface area contributed by atoms with Crippen LogP contribution < -0.4 is 5.32 Å². The van der Waals surface area contributed by atoms with Crippen molar-refractivity contribution in [3.05, 3.63) is 0 Å². The van der Waals surface area contributed by atoms with E-state index in [-0.39, 0.29) is 5.60 Å². The Morgan fingerprint density at radius 3 is 2.67 bits per heavy atom. The van der Waals surface area contributed by atoms with E-state index in [2.05, 4.69) is 10.1 Å². The molecule has 1 spiro atoms. The Kier molecular flexibility index (Phi) is 2.02. The van der Waals surface area contributed by atoms with Gasteiger partial charge in [-0.3, -0.25) is 0 Å². The van der Waals surface area contributed by atoms with Gasteiger partial charge in [0.15, 0.2) is 0 Å². The van der Waals surface area contributed by atoms with Crippen LogP contribution in [0.15, 0.2) is 0 Å². The summed E-state index contributed by atoms with van der Waals surface area (Å²) in [6.45, 7) is -0.861. The van der Waals surface area contributed by atoms with E-state index in [0.717, 1.165) is 13.1 Å². The van der Waals surface area contributed by atoms with Crippen molar-refractivity contribution in [1.82, 2.24) is 5.32 Å². The van der Waals surface area contributed by atoms with Gasteiger partial charge in [0.2, 0.25) is 0 Å². The van der Waals surface area contributed by atoms with E-state index in [0.29, 0.717) is 13.0 Å². The van der Waals surface area contributed by atoms with Crippen LogP contribution >= 0.6 is 0 Å². The van der Waals surface area contributed by atoms with Gasteiger partial charge in [-0.15, -0.1) is 0 Å². The molecule has 0 amide bonds. The molecule has 0 aromatic carbocycles. The van der Waals surface area contributed by atoms with Crippen LogP contribution in [-0.2, 0) is 9.47 Å². The molecule has 12 heavy (non-hydrogen) atoms. The van der Waals surface area contributed by atoms with Crippen LogP contribution in [0.25, 0.3) is 0 Å². The largest absolute Gasteiger partial charge is 0.370 e. The maximum absolute atomic E-state index is 11.8. The van der Waals surface area contributed by atoms with Crippen LogP contribution in [-0.4, -0.2) is 38.0 Å². The fraction of sp³-hybridized carbons (Fsp3) is 1.00. The first-order valence-electron chi connectivity index (χ1n) is 3.98. The molecule has 0 aromatic heterocycles. The van der Waals surface area contributed by atoms with Gasteiger partial charge >= 0.3 is 6.61 Å². The molecule has 2 fully saturated rings. The average molecular weight is 179 g/mol. The zero-order valence-corrected chi connectivity index (χ0v) is 6.56. The minimum Gasteiger partial charge on any atom is -0.370 e. The van der Waals surface area contributed by atoms with Gasteiger partial charge in [0.05, 0.1) is 18.3 Å². The van der Waals surface area contributed by atoms with E-state index in [9.17, 15) is 8.78 Å². The molecule has 0 aromatic rings. The Hall–Kier alpha value is -0.260. The van der Waals surface area contributed by atoms with Crippen LogP contribution in [0.5, 0.6) is 0 Å². The second kappa shape index (κ2) is 2.90. The van der Waals surface area contributed by atoms with Gasteiger partial charge in [0.25, 0.3) is 0 Å². The van der Waals surface area contributed by atoms with E-state index in [1.54, 1.807) is 0 Å². The first-order valence-corrected chi connectivity index (χ1v) is 3.98. The second-order valence-corrected chi connectivity index (χ2v) is 3.32. The number of nitrogens with one attached hydrogen (secondary N) is 1. The quantitative estimate of drug-likeness (QED) is 0.663. The van der Waals surface area contributed by atoms with E-state index < -0.39 is 12.7 Å². The minimum absolute atomic E-state index is 0.195. The lowest BCUT2D eigenvalue weighted by Gasteiger charge is -2.37. The summed E-state index contributed by atoms with van der Waals surface area (Å²) in [6, 6.07) is 0. The van der Waals surface area contributed by atoms with E-state index in [1.807, 2.05) is 0 Å². The highest BCUT2D eigenvalue weighted by molar-refractivity contribution is 5.00. The Labute approximate surface area is 69.0 Å². The molecule has 2 heterocycles. The lowest BCUT2D eigenvalue weighted by Crippen LogP contribution is -2.59. The Balaban J connectivity index is 1.81. The van der Waals surface area contributed by atoms with Crippen molar-refractivity contribution in [3.63, 3.8) is 0 Å². The number of ether oxygens (including phenoxy) is 2. The molecule has 0 aliphatic carbocycles. The van der Waals surface area contributed by atoms with Crippen molar-refractivity contribution >= 4 is 0 Å². The van der Waals surface area contributed by atoms with Crippen molar-refractivity contribution < 1.29 is 18.3 Å². The second-order valence-electron chi connectivity index (χ2n) is 3.32. The third kappa shape index (κ3) is 1.44. The summed E-state index contributed by atoms with van der Waals surface area (Å²) < 4.78 is 33.3. The molecular formula is C7H11F2NO2. The van der Waals surface area contributed by atoms with E-state index >= 15 is 0 Å². The van der Waals surface area contributed by atoms with Gasteiger partial charge in [0, 0.05) is 19.5 Å². The summed E-state index contributed by atoms with van der Waals surface area (Å²) in [7, 11) is 0. The van der Waals surface area contributed by atoms with Crippen molar-refractivity contribution in [2.45, 2.75) is 24.7 Å². The van der Waals surface area contributed by atoms with Crippen molar-refractivity contribution in [2.24, 2.45) is 0 Å². The molecule has 3 nitrogen and oxygen atoms in total. The molecule has 0 radical (unpaired) electrons. The van der Waals surface area contributed by atoms with Crippen molar-refractivity contribution in [2.75, 3.05) is 19.7 Å². The summed E-state index contributed by atoms with van der Waals surface area (Å²) in [5.74, 6) is 0. The fourth-order valence-electron chi connectivity index (χ4n) is 1.69. The lowest BCUT2D eigenvalue weighted by atomic mass is 9.93. The molecular weight excluding hydrogens is 168 g/mol. The van der Waals surface area contributed by atoms with Gasteiger partial charge in [0.1, 0.15) is 0 Å². The SMILES string of the molecule is FC(F)O[C@@H]1COC2(CNC2)C1. The number of hydrogen-bond donors (Lipinski definition) is 1. The lowest BCUT2D eigenvalue weighted by molar-refractivity contribution is -0.161. The standard InChI is InChI=1S/C7H11F2NO2/c8-6(9)12-5-1-7(11-2-5)3-10-4-7/h5-6,10H,1-4H2/t5-/m0/s1. The number of rotatable bonds is 2. The normalized spacial score (nSPS) is 32.8. The molecule has 0 bridgehead atoms. The maximum Gasteiger partial charge on any atom is 0.345 e. The van der Waals surface area contributed by atoms with Crippen molar-refractivity contribution in [1.29, 1.82) is 0 Å². The zero-order valence-electron chi connectivity index (χ0n) is 6.56. The van der Waals surface area contributed by atoms with Gasteiger partial charge in [-0.05, 0) is 0 Å². The molecule has 0 unspecified atom stereocenters. The van der Waals surface area contributed by atoms with E-state index in [1.165, 1.54) is 0 Å². The Morgan fingerprint density at radius 1 is 1.50 bits per heavy atom. The third-order valence-corrected chi connectivity index (χ3v) is 2.36. The number of hydrogen-bond acceptors (Lipinski definition) is 3. The molecule has 2 aliphatic heterocycles. The summed E-state index contributed by atoms with van der Waals surface area (Å²) in [5, 5.41) is 3.05. The molecule has 2 rings (SSSR count). The van der Waals surface area contributed by atoms with E-state index in [4.69, 9.17) is 4.74 Å². The minimum atomic E-state index is -2.68. The van der Waals surface area contributed by atoms with Gasteiger partial charge in [-0.2, -0.15) is 8.78 Å². The third-order valence-electron chi connectivity index (χ3n) is 2.36. The van der Waals surface area contributed by atoms with Crippen LogP contribution in [0, 0.1) is 0 Å². The fourth-order valence-corrected chi connectivity index (χ4v) is 1.69. The maximum atomic E-state index is 11.8. The number of alkyl halides is 2. The highest BCUT2D eigenvalue weighted by Gasteiger charge is 2.46. The number of halogens is 2. The first kappa shape index (κ1) is 8.34. The predicted molar refractivity (Wildman–Crippen MR) is 37.0 cm³/mol. The zero-order chi connectivity index (χ0) is 8.60. The molecule has 1 atom stereocenters. The predicted octanol–water partition coefficient (Wildman–Crippen LogP) is 0.357. The molecule has 1 N–H and O–H groups in total. The topological polar surface area (TPSA) is 30.5 Å². The monoisotopic (exact) mass is 179 g/mol. The highest BCUT2D eigenvalue weighted by atomic mass is 19.3. The molecule has 5 heteroatoms. The highest BCUT2D eigenvalue weighted by Crippen LogP contribution is 2.31. The molecule has 0 saturated carbocycles. The van der Waals surface area contributed by atoms with Gasteiger partial charge in [-0.25, -0.2) is 0 Å². The molecule has 70 valence electrons. The molecule has 2 saturated heterocycles. The van der Waals surface area contributed by atoms with Crippen LogP contribution in [0.3, 0.4) is 0 Å². The summed E-state index contributed by atoms with van der Waals surface area (Å²) in [5.41, 5.74) is -0.195. The van der Waals surface area contributed by atoms with Crippen LogP contribution in [0.2, 0.25) is 0 Å². The van der Waals surface area contributed by atoms with Crippen LogP contribution in [0.4, 0.5) is 8.78 Å². The summed E-state index contributed by atoms with van der Waals surface area (Å²) in [4.78, 5) is 0. The smallest absolute Gasteiger partial charge is 0.345 e. The summed E-state index contributed by atoms with van der Waals surface area (Å²) >= 11 is 0. The molecule has 2 aliphatic rings. The van der Waals surface area contributed by atoms with Crippen LogP contribution in [0.1, 0.15) is 6.42 Å². The summed E-state index contributed by atoms with van der Waals surface area (Å²) in [6.07, 6.45) is 0.164.